The van der Waals surface area contributed by atoms with Gasteiger partial charge in [0.05, 0.1) is 11.9 Å². The van der Waals surface area contributed by atoms with Crippen LogP contribution in [0.4, 0.5) is 15.8 Å². The monoisotopic (exact) mass is 496 g/mol. The summed E-state index contributed by atoms with van der Waals surface area (Å²) in [6.45, 7) is 3.05. The van der Waals surface area contributed by atoms with Crippen molar-refractivity contribution in [3.8, 4) is 22.8 Å². The molecule has 1 aliphatic heterocycles. The zero-order chi connectivity index (χ0) is 25.8. The number of nitrogens with two attached hydrogens (primary N) is 1. The number of hydrogen-bond acceptors (Lipinski definition) is 7. The molecule has 0 aliphatic carbocycles. The number of carbonyl (C=O) groups is 1. The fourth-order valence-electron chi connectivity index (χ4n) is 3.94. The molecule has 1 aliphatic rings. The number of hydrogen-bond donors (Lipinski definition) is 3. The van der Waals surface area contributed by atoms with E-state index < -0.39 is 5.91 Å². The van der Waals surface area contributed by atoms with Crippen molar-refractivity contribution in [2.75, 3.05) is 24.1 Å². The van der Waals surface area contributed by atoms with Crippen LogP contribution in [0.15, 0.2) is 79.3 Å². The molecule has 0 saturated carbocycles. The number of nitrogen functional groups attached to an aromatic ring is 1. The third-order valence-electron chi connectivity index (χ3n) is 6.06. The number of aromatic nitrogens is 2. The second kappa shape index (κ2) is 10.5. The van der Waals surface area contributed by atoms with E-state index in [1.54, 1.807) is 30.5 Å². The molecule has 0 radical (unpaired) electrons. The Labute approximate surface area is 213 Å². The van der Waals surface area contributed by atoms with Gasteiger partial charge in [-0.25, -0.2) is 9.37 Å². The molecule has 1 saturated heterocycles. The molecule has 0 atom stereocenters. The van der Waals surface area contributed by atoms with E-state index in [0.29, 0.717) is 22.7 Å². The lowest BCUT2D eigenvalue weighted by atomic mass is 9.99. The topological polar surface area (TPSA) is 117 Å². The summed E-state index contributed by atoms with van der Waals surface area (Å²) in [4.78, 5) is 23.7. The summed E-state index contributed by atoms with van der Waals surface area (Å²) in [7, 11) is 0. The molecule has 9 heteroatoms. The maximum Gasteiger partial charge on any atom is 0.274 e. The molecule has 1 amide bonds. The van der Waals surface area contributed by atoms with Gasteiger partial charge in [-0.2, -0.15) is 0 Å². The first-order valence-electron chi connectivity index (χ1n) is 11.8. The zero-order valence-corrected chi connectivity index (χ0v) is 19.9. The standard InChI is InChI=1S/C28H25FN6O2/c29-21-3-6-23(7-4-21)37-26-9-5-22(16-33-26)34-28(36)27(31)24-13-19(2-8-25(24)30)20-12-18(14-32-15-20)17-35-10-1-11-35/h2-9,12-16,31H,1,10-11,17,30H2,(H,34,36). The molecule has 2 aromatic carbocycles. The van der Waals surface area contributed by atoms with Gasteiger partial charge in [0, 0.05) is 41.8 Å². The van der Waals surface area contributed by atoms with Crippen LogP contribution < -0.4 is 15.8 Å². The summed E-state index contributed by atoms with van der Waals surface area (Å²) < 4.78 is 18.6. The van der Waals surface area contributed by atoms with E-state index >= 15 is 0 Å². The van der Waals surface area contributed by atoms with Crippen molar-refractivity contribution in [3.05, 3.63) is 96.2 Å². The molecule has 37 heavy (non-hydrogen) atoms. The molecule has 1 fully saturated rings. The van der Waals surface area contributed by atoms with Crippen LogP contribution in [0.1, 0.15) is 17.5 Å². The molecule has 2 aromatic heterocycles. The molecule has 0 unspecified atom stereocenters. The number of nitrogens with one attached hydrogen (secondary N) is 2. The summed E-state index contributed by atoms with van der Waals surface area (Å²) in [5.74, 6) is -0.271. The number of halogens is 1. The lowest BCUT2D eigenvalue weighted by Crippen LogP contribution is -2.36. The minimum absolute atomic E-state index is 0.268. The highest BCUT2D eigenvalue weighted by Gasteiger charge is 2.18. The van der Waals surface area contributed by atoms with Crippen LogP contribution in [0, 0.1) is 11.2 Å². The summed E-state index contributed by atoms with van der Waals surface area (Å²) >= 11 is 0. The highest BCUT2D eigenvalue weighted by atomic mass is 19.1. The lowest BCUT2D eigenvalue weighted by molar-refractivity contribution is -0.110. The second-order valence-electron chi connectivity index (χ2n) is 8.78. The lowest BCUT2D eigenvalue weighted by Gasteiger charge is -2.30. The largest absolute Gasteiger partial charge is 0.439 e. The zero-order valence-electron chi connectivity index (χ0n) is 19.9. The van der Waals surface area contributed by atoms with Crippen LogP contribution in [0.5, 0.6) is 11.6 Å². The number of likely N-dealkylation sites (tertiary alicyclic amines) is 1. The molecule has 8 nitrogen and oxygen atoms in total. The van der Waals surface area contributed by atoms with Gasteiger partial charge in [-0.05, 0) is 79.2 Å². The fourth-order valence-corrected chi connectivity index (χ4v) is 3.94. The van der Waals surface area contributed by atoms with Crippen LogP contribution in [-0.4, -0.2) is 39.6 Å². The van der Waals surface area contributed by atoms with E-state index in [0.717, 1.165) is 36.3 Å². The number of rotatable bonds is 8. The summed E-state index contributed by atoms with van der Waals surface area (Å²) in [6.07, 6.45) is 6.26. The van der Waals surface area contributed by atoms with Crippen molar-refractivity contribution < 1.29 is 13.9 Å². The number of ether oxygens (including phenoxy) is 1. The number of pyridine rings is 2. The van der Waals surface area contributed by atoms with Gasteiger partial charge in [0.2, 0.25) is 5.88 Å². The molecule has 4 aromatic rings. The molecular weight excluding hydrogens is 471 g/mol. The molecule has 3 heterocycles. The minimum Gasteiger partial charge on any atom is -0.439 e. The van der Waals surface area contributed by atoms with Crippen molar-refractivity contribution in [3.63, 3.8) is 0 Å². The number of anilines is 2. The van der Waals surface area contributed by atoms with Gasteiger partial charge in [0.1, 0.15) is 17.3 Å². The molecule has 0 bridgehead atoms. The van der Waals surface area contributed by atoms with Gasteiger partial charge in [-0.1, -0.05) is 6.07 Å². The van der Waals surface area contributed by atoms with Crippen molar-refractivity contribution in [2.24, 2.45) is 0 Å². The van der Waals surface area contributed by atoms with Gasteiger partial charge in [0.25, 0.3) is 5.91 Å². The number of carbonyl (C=O) groups excluding carboxylic acids is 1. The first-order chi connectivity index (χ1) is 17.9. The van der Waals surface area contributed by atoms with Gasteiger partial charge < -0.3 is 15.8 Å². The molecular formula is C28H25FN6O2. The van der Waals surface area contributed by atoms with Crippen molar-refractivity contribution in [2.45, 2.75) is 13.0 Å². The number of amides is 1. The Morgan fingerprint density at radius 2 is 1.84 bits per heavy atom. The average molecular weight is 497 g/mol. The third-order valence-corrected chi connectivity index (χ3v) is 6.06. The molecule has 5 rings (SSSR count). The quantitative estimate of drug-likeness (QED) is 0.237. The van der Waals surface area contributed by atoms with Crippen LogP contribution in [0.2, 0.25) is 0 Å². The Balaban J connectivity index is 1.27. The predicted molar refractivity (Wildman–Crippen MR) is 140 cm³/mol. The van der Waals surface area contributed by atoms with Crippen molar-refractivity contribution >= 4 is 23.0 Å². The Morgan fingerprint density at radius 3 is 2.54 bits per heavy atom. The van der Waals surface area contributed by atoms with Gasteiger partial charge in [-0.15, -0.1) is 0 Å². The molecule has 186 valence electrons. The highest BCUT2D eigenvalue weighted by Crippen LogP contribution is 2.26. The van der Waals surface area contributed by atoms with E-state index in [-0.39, 0.29) is 17.4 Å². The van der Waals surface area contributed by atoms with E-state index in [1.807, 2.05) is 12.3 Å². The summed E-state index contributed by atoms with van der Waals surface area (Å²) in [5.41, 5.74) is 9.74. The van der Waals surface area contributed by atoms with Crippen LogP contribution in [0.3, 0.4) is 0 Å². The normalized spacial score (nSPS) is 13.0. The van der Waals surface area contributed by atoms with Crippen LogP contribution in [-0.2, 0) is 11.3 Å². The van der Waals surface area contributed by atoms with Gasteiger partial charge in [-0.3, -0.25) is 20.1 Å². The highest BCUT2D eigenvalue weighted by molar-refractivity contribution is 6.48. The average Bonchev–Trinajstić information content (AvgIpc) is 2.89. The number of benzene rings is 2. The maximum absolute atomic E-state index is 13.1. The first-order valence-corrected chi connectivity index (χ1v) is 11.8. The first kappa shape index (κ1) is 24.1. The van der Waals surface area contributed by atoms with E-state index in [9.17, 15) is 9.18 Å². The van der Waals surface area contributed by atoms with E-state index in [2.05, 4.69) is 26.3 Å². The fraction of sp³-hybridized carbons (Fsp3) is 0.143. The Hall–Kier alpha value is -4.63. The summed E-state index contributed by atoms with van der Waals surface area (Å²) in [6, 6.07) is 16.1. The van der Waals surface area contributed by atoms with Crippen LogP contribution in [0.25, 0.3) is 11.1 Å². The summed E-state index contributed by atoms with van der Waals surface area (Å²) in [5, 5.41) is 11.1. The smallest absolute Gasteiger partial charge is 0.274 e. The van der Waals surface area contributed by atoms with Crippen molar-refractivity contribution in [1.29, 1.82) is 5.41 Å². The SMILES string of the molecule is N=C(C(=O)Nc1ccc(Oc2ccc(F)cc2)nc1)c1cc(-c2cncc(CN3CCC3)c2)ccc1N. The van der Waals surface area contributed by atoms with Crippen molar-refractivity contribution in [1.82, 2.24) is 14.9 Å². The molecule has 4 N–H and O–H groups in total. The minimum atomic E-state index is -0.623. The van der Waals surface area contributed by atoms with Crippen LogP contribution >= 0.6 is 0 Å². The third kappa shape index (κ3) is 5.79. The number of nitrogens with zero attached hydrogens (tertiary/aromatic N) is 3. The predicted octanol–water partition coefficient (Wildman–Crippen LogP) is 4.87. The molecule has 0 spiro atoms. The van der Waals surface area contributed by atoms with E-state index in [1.165, 1.54) is 36.9 Å². The Bertz CT molecular complexity index is 1440. The second-order valence-corrected chi connectivity index (χ2v) is 8.78. The van der Waals surface area contributed by atoms with E-state index in [4.69, 9.17) is 15.9 Å². The van der Waals surface area contributed by atoms with Gasteiger partial charge in [0.15, 0.2) is 0 Å². The maximum atomic E-state index is 13.1. The Kier molecular flexibility index (Phi) is 6.87. The van der Waals surface area contributed by atoms with Gasteiger partial charge >= 0.3 is 0 Å². The Morgan fingerprint density at radius 1 is 1.03 bits per heavy atom.